The first-order valence-electron chi connectivity index (χ1n) is 9.18. The number of hydrogen-bond acceptors (Lipinski definition) is 6. The van der Waals surface area contributed by atoms with Gasteiger partial charge in [-0.1, -0.05) is 31.4 Å². The number of carbonyl (C=O) groups is 4. The number of benzene rings is 1. The number of hydrogen-bond donors (Lipinski definition) is 0. The maximum atomic E-state index is 12.4. The Bertz CT molecular complexity index is 832. The van der Waals surface area contributed by atoms with Crippen LogP contribution in [0.5, 0.6) is 0 Å². The lowest BCUT2D eigenvalue weighted by Gasteiger charge is -2.38. The van der Waals surface area contributed by atoms with E-state index >= 15 is 0 Å². The second-order valence-corrected chi connectivity index (χ2v) is 7.06. The average Bonchev–Trinajstić information content (AvgIpc) is 2.97. The van der Waals surface area contributed by atoms with E-state index < -0.39 is 42.4 Å². The van der Waals surface area contributed by atoms with Gasteiger partial charge in [-0.05, 0) is 25.0 Å². The first-order valence-corrected chi connectivity index (χ1v) is 9.18. The number of rotatable bonds is 5. The third-order valence-corrected chi connectivity index (χ3v) is 5.43. The fraction of sp³-hybridized carbons (Fsp3) is 0.450. The van der Waals surface area contributed by atoms with Crippen LogP contribution in [0, 0.1) is 11.3 Å². The second-order valence-electron chi connectivity index (χ2n) is 7.06. The highest BCUT2D eigenvalue weighted by Gasteiger charge is 2.40. The highest BCUT2D eigenvalue weighted by molar-refractivity contribution is 6.22. The second kappa shape index (κ2) is 7.80. The van der Waals surface area contributed by atoms with Crippen molar-refractivity contribution in [1.29, 1.82) is 5.26 Å². The number of esters is 1. The number of amides is 3. The molecule has 0 atom stereocenters. The molecule has 1 aromatic carbocycles. The normalized spacial score (nSPS) is 17.6. The lowest BCUT2D eigenvalue weighted by atomic mass is 9.81. The van der Waals surface area contributed by atoms with Crippen LogP contribution in [0.25, 0.3) is 0 Å². The number of fused-ring (bicyclic) bond motifs is 1. The summed E-state index contributed by atoms with van der Waals surface area (Å²) < 4.78 is 4.98. The molecule has 1 aliphatic carbocycles. The molecule has 0 aromatic heterocycles. The molecule has 1 fully saturated rings. The smallest absolute Gasteiger partial charge is 0.326 e. The molecule has 8 nitrogen and oxygen atoms in total. The molecule has 3 rings (SSSR count). The number of carbonyl (C=O) groups excluding carboxylic acids is 4. The summed E-state index contributed by atoms with van der Waals surface area (Å²) in [5, 5.41) is 9.54. The Labute approximate surface area is 162 Å². The zero-order valence-corrected chi connectivity index (χ0v) is 15.6. The molecule has 0 unspecified atom stereocenters. The van der Waals surface area contributed by atoms with Crippen LogP contribution in [-0.4, -0.2) is 59.2 Å². The Morgan fingerprint density at radius 2 is 1.71 bits per heavy atom. The maximum absolute atomic E-state index is 12.4. The van der Waals surface area contributed by atoms with Gasteiger partial charge in [0.2, 0.25) is 0 Å². The van der Waals surface area contributed by atoms with E-state index in [1.165, 1.54) is 24.1 Å². The minimum Gasteiger partial charge on any atom is -0.454 e. The van der Waals surface area contributed by atoms with Gasteiger partial charge < -0.3 is 9.64 Å². The van der Waals surface area contributed by atoms with E-state index in [0.717, 1.165) is 24.2 Å². The summed E-state index contributed by atoms with van der Waals surface area (Å²) in [6.45, 7) is -1.10. The Morgan fingerprint density at radius 1 is 1.14 bits per heavy atom. The predicted octanol–water partition coefficient (Wildman–Crippen LogP) is 1.51. The van der Waals surface area contributed by atoms with E-state index in [1.54, 1.807) is 12.1 Å². The summed E-state index contributed by atoms with van der Waals surface area (Å²) in [6, 6.07) is 8.54. The van der Waals surface area contributed by atoms with Crippen molar-refractivity contribution in [2.24, 2.45) is 0 Å². The molecule has 1 saturated carbocycles. The van der Waals surface area contributed by atoms with Crippen LogP contribution in [0.2, 0.25) is 0 Å². The van der Waals surface area contributed by atoms with E-state index in [0.29, 0.717) is 12.8 Å². The van der Waals surface area contributed by atoms with Crippen molar-refractivity contribution in [1.82, 2.24) is 9.80 Å². The first kappa shape index (κ1) is 19.5. The van der Waals surface area contributed by atoms with Gasteiger partial charge in [-0.2, -0.15) is 5.26 Å². The van der Waals surface area contributed by atoms with Crippen molar-refractivity contribution >= 4 is 23.7 Å². The van der Waals surface area contributed by atoms with Gasteiger partial charge in [-0.25, -0.2) is 0 Å². The fourth-order valence-electron chi connectivity index (χ4n) is 3.69. The number of nitrogens with zero attached hydrogens (tertiary/aromatic N) is 3. The van der Waals surface area contributed by atoms with Crippen LogP contribution in [0.3, 0.4) is 0 Å². The zero-order valence-electron chi connectivity index (χ0n) is 15.6. The molecule has 8 heteroatoms. The molecule has 0 radical (unpaired) electrons. The minimum atomic E-state index is -0.871. The van der Waals surface area contributed by atoms with Crippen LogP contribution in [0.15, 0.2) is 24.3 Å². The molecule has 0 spiro atoms. The van der Waals surface area contributed by atoms with Crippen LogP contribution >= 0.6 is 0 Å². The molecule has 3 amide bonds. The molecule has 0 saturated heterocycles. The molecule has 0 bridgehead atoms. The van der Waals surface area contributed by atoms with E-state index in [1.807, 2.05) is 0 Å². The van der Waals surface area contributed by atoms with Crippen molar-refractivity contribution < 1.29 is 23.9 Å². The Balaban J connectivity index is 1.56. The predicted molar refractivity (Wildman–Crippen MR) is 97.0 cm³/mol. The largest absolute Gasteiger partial charge is 0.454 e. The van der Waals surface area contributed by atoms with Gasteiger partial charge in [0.05, 0.1) is 17.2 Å². The Hall–Kier alpha value is -3.21. The summed E-state index contributed by atoms with van der Waals surface area (Å²) >= 11 is 0. The van der Waals surface area contributed by atoms with Crippen LogP contribution in [-0.2, 0) is 14.3 Å². The summed E-state index contributed by atoms with van der Waals surface area (Å²) in [7, 11) is 1.54. The topological polar surface area (TPSA) is 108 Å². The van der Waals surface area contributed by atoms with E-state index in [4.69, 9.17) is 4.74 Å². The van der Waals surface area contributed by atoms with Gasteiger partial charge in [-0.15, -0.1) is 0 Å². The molecule has 1 heterocycles. The number of ether oxygens (including phenoxy) is 1. The van der Waals surface area contributed by atoms with Crippen molar-refractivity contribution in [2.45, 2.75) is 37.6 Å². The fourth-order valence-corrected chi connectivity index (χ4v) is 3.69. The van der Waals surface area contributed by atoms with Gasteiger partial charge in [0.1, 0.15) is 12.1 Å². The van der Waals surface area contributed by atoms with Gasteiger partial charge in [0.25, 0.3) is 17.7 Å². The Morgan fingerprint density at radius 3 is 2.25 bits per heavy atom. The number of likely N-dealkylation sites (N-methyl/N-ethyl adjacent to an activating group) is 1. The van der Waals surface area contributed by atoms with Gasteiger partial charge in [0.15, 0.2) is 6.61 Å². The average molecular weight is 383 g/mol. The highest BCUT2D eigenvalue weighted by atomic mass is 16.5. The van der Waals surface area contributed by atoms with Crippen molar-refractivity contribution in [2.75, 3.05) is 20.2 Å². The molecule has 2 aliphatic rings. The van der Waals surface area contributed by atoms with Crippen molar-refractivity contribution in [3.63, 3.8) is 0 Å². The zero-order chi connectivity index (χ0) is 20.3. The number of imide groups is 1. The first-order chi connectivity index (χ1) is 13.4. The summed E-state index contributed by atoms with van der Waals surface area (Å²) in [5.41, 5.74) is -0.390. The van der Waals surface area contributed by atoms with Gasteiger partial charge >= 0.3 is 5.97 Å². The Kier molecular flexibility index (Phi) is 5.45. The highest BCUT2D eigenvalue weighted by Crippen LogP contribution is 2.32. The molecule has 146 valence electrons. The van der Waals surface area contributed by atoms with Gasteiger partial charge in [-0.3, -0.25) is 24.1 Å². The lowest BCUT2D eigenvalue weighted by molar-refractivity contribution is -0.153. The SMILES string of the molecule is CN(C(=O)COC(=O)CN1C(=O)c2ccccc2C1=O)C1(C#N)CCCCC1. The summed E-state index contributed by atoms with van der Waals surface area (Å²) in [5.74, 6) is -2.47. The van der Waals surface area contributed by atoms with Crippen molar-refractivity contribution in [3.05, 3.63) is 35.4 Å². The lowest BCUT2D eigenvalue weighted by Crippen LogP contribution is -2.51. The number of nitriles is 1. The molecule has 1 aliphatic heterocycles. The summed E-state index contributed by atoms with van der Waals surface area (Å²) in [6.07, 6.45) is 3.94. The van der Waals surface area contributed by atoms with E-state index in [-0.39, 0.29) is 11.1 Å². The summed E-state index contributed by atoms with van der Waals surface area (Å²) in [4.78, 5) is 51.2. The monoisotopic (exact) mass is 383 g/mol. The molecular weight excluding hydrogens is 362 g/mol. The third-order valence-electron chi connectivity index (χ3n) is 5.43. The van der Waals surface area contributed by atoms with Gasteiger partial charge in [0, 0.05) is 7.05 Å². The molecular formula is C20H21N3O5. The van der Waals surface area contributed by atoms with E-state index in [9.17, 15) is 24.4 Å². The molecule has 1 aromatic rings. The van der Waals surface area contributed by atoms with Crippen LogP contribution < -0.4 is 0 Å². The van der Waals surface area contributed by atoms with E-state index in [2.05, 4.69) is 6.07 Å². The quantitative estimate of drug-likeness (QED) is 0.563. The maximum Gasteiger partial charge on any atom is 0.326 e. The van der Waals surface area contributed by atoms with Crippen LogP contribution in [0.1, 0.15) is 52.8 Å². The molecule has 28 heavy (non-hydrogen) atoms. The minimum absolute atomic E-state index is 0.240. The standard InChI is InChI=1S/C20H21N3O5/c1-22(20(13-21)9-5-2-6-10-20)16(24)12-28-17(25)11-23-18(26)14-7-3-4-8-15(14)19(23)27/h3-4,7-8H,2,5-6,9-12H2,1H3. The van der Waals surface area contributed by atoms with Crippen LogP contribution in [0.4, 0.5) is 0 Å². The third kappa shape index (κ3) is 3.48. The molecule has 0 N–H and O–H groups in total. The van der Waals surface area contributed by atoms with Crippen molar-refractivity contribution in [3.8, 4) is 6.07 Å².